The summed E-state index contributed by atoms with van der Waals surface area (Å²) in [7, 11) is 0. The predicted octanol–water partition coefficient (Wildman–Crippen LogP) is 1.16. The van der Waals surface area contributed by atoms with Gasteiger partial charge in [-0.1, -0.05) is 24.3 Å². The molecule has 0 bridgehead atoms. The first-order chi connectivity index (χ1) is 6.40. The van der Waals surface area contributed by atoms with Gasteiger partial charge in [-0.2, -0.15) is 0 Å². The second-order valence-corrected chi connectivity index (χ2v) is 3.22. The quantitative estimate of drug-likeness (QED) is 0.383. The molecule has 2 N–H and O–H groups in total. The lowest BCUT2D eigenvalue weighted by Crippen LogP contribution is -2.36. The van der Waals surface area contributed by atoms with Crippen molar-refractivity contribution in [1.29, 1.82) is 0 Å². The van der Waals surface area contributed by atoms with E-state index < -0.39 is 0 Å². The monoisotopic (exact) mass is 176 g/mol. The van der Waals surface area contributed by atoms with Crippen LogP contribution in [-0.2, 0) is 13.0 Å². The highest BCUT2D eigenvalue weighted by atomic mass is 16.4. The highest BCUT2D eigenvalue weighted by Gasteiger charge is 2.15. The lowest BCUT2D eigenvalue weighted by molar-refractivity contribution is 0.318. The molecule has 3 nitrogen and oxygen atoms in total. The molecule has 1 heterocycles. The van der Waals surface area contributed by atoms with Gasteiger partial charge in [-0.25, -0.2) is 0 Å². The largest absolute Gasteiger partial charge is 0.411 e. The third kappa shape index (κ3) is 1.70. The molecular formula is C10H12N2O. The number of hydrogen-bond donors (Lipinski definition) is 2. The van der Waals surface area contributed by atoms with Crippen LogP contribution in [0.5, 0.6) is 0 Å². The molecule has 0 fully saturated rings. The average Bonchev–Trinajstić information content (AvgIpc) is 2.18. The average molecular weight is 176 g/mol. The first-order valence-corrected chi connectivity index (χ1v) is 4.38. The van der Waals surface area contributed by atoms with Crippen LogP contribution in [0.1, 0.15) is 11.1 Å². The smallest absolute Gasteiger partial charge is 0.0609 e. The van der Waals surface area contributed by atoms with Crippen molar-refractivity contribution in [1.82, 2.24) is 5.32 Å². The van der Waals surface area contributed by atoms with Crippen molar-refractivity contribution in [3.8, 4) is 0 Å². The molecule has 0 saturated carbocycles. The zero-order chi connectivity index (χ0) is 9.10. The topological polar surface area (TPSA) is 44.6 Å². The van der Waals surface area contributed by atoms with Gasteiger partial charge < -0.3 is 10.5 Å². The van der Waals surface area contributed by atoms with Crippen molar-refractivity contribution in [3.63, 3.8) is 0 Å². The van der Waals surface area contributed by atoms with E-state index in [4.69, 9.17) is 5.21 Å². The fourth-order valence-corrected chi connectivity index (χ4v) is 1.67. The summed E-state index contributed by atoms with van der Waals surface area (Å²) in [4.78, 5) is 0. The van der Waals surface area contributed by atoms with Gasteiger partial charge in [-0.15, -0.1) is 5.16 Å². The third-order valence-electron chi connectivity index (χ3n) is 2.36. The fraction of sp³-hybridized carbons (Fsp3) is 0.300. The molecule has 0 spiro atoms. The van der Waals surface area contributed by atoms with Gasteiger partial charge in [0.15, 0.2) is 0 Å². The Balaban J connectivity index is 2.19. The van der Waals surface area contributed by atoms with Crippen molar-refractivity contribution in [2.75, 3.05) is 0 Å². The molecule has 68 valence electrons. The minimum atomic E-state index is 0.167. The molecular weight excluding hydrogens is 164 g/mol. The van der Waals surface area contributed by atoms with Crippen molar-refractivity contribution >= 4 is 6.21 Å². The minimum absolute atomic E-state index is 0.167. The van der Waals surface area contributed by atoms with Crippen molar-refractivity contribution in [2.45, 2.75) is 19.0 Å². The van der Waals surface area contributed by atoms with Gasteiger partial charge in [-0.3, -0.25) is 0 Å². The number of benzene rings is 1. The van der Waals surface area contributed by atoms with Gasteiger partial charge >= 0.3 is 0 Å². The summed E-state index contributed by atoms with van der Waals surface area (Å²) in [5.74, 6) is 0. The van der Waals surface area contributed by atoms with Crippen LogP contribution in [0.25, 0.3) is 0 Å². The maximum absolute atomic E-state index is 8.40. The zero-order valence-corrected chi connectivity index (χ0v) is 7.27. The van der Waals surface area contributed by atoms with E-state index in [0.29, 0.717) is 0 Å². The molecule has 1 atom stereocenters. The maximum Gasteiger partial charge on any atom is 0.0609 e. The summed E-state index contributed by atoms with van der Waals surface area (Å²) in [6, 6.07) is 8.49. The molecule has 0 radical (unpaired) electrons. The molecule has 13 heavy (non-hydrogen) atoms. The number of oxime groups is 1. The Morgan fingerprint density at radius 2 is 2.15 bits per heavy atom. The first-order valence-electron chi connectivity index (χ1n) is 4.38. The van der Waals surface area contributed by atoms with E-state index in [2.05, 4.69) is 22.6 Å². The molecule has 2 rings (SSSR count). The third-order valence-corrected chi connectivity index (χ3v) is 2.36. The predicted molar refractivity (Wildman–Crippen MR) is 51.1 cm³/mol. The molecule has 1 aliphatic heterocycles. The summed E-state index contributed by atoms with van der Waals surface area (Å²) in [5.41, 5.74) is 2.68. The molecule has 0 aliphatic carbocycles. The van der Waals surface area contributed by atoms with Crippen molar-refractivity contribution < 1.29 is 5.21 Å². The Bertz CT molecular complexity index is 322. The summed E-state index contributed by atoms with van der Waals surface area (Å²) in [6.45, 7) is 0.854. The van der Waals surface area contributed by atoms with Gasteiger partial charge in [0.05, 0.1) is 12.3 Å². The number of rotatable bonds is 1. The normalized spacial score (nSPS) is 21.7. The van der Waals surface area contributed by atoms with Crippen LogP contribution in [-0.4, -0.2) is 17.5 Å². The summed E-state index contributed by atoms with van der Waals surface area (Å²) >= 11 is 0. The lowest BCUT2D eigenvalue weighted by atomic mass is 9.97. The summed E-state index contributed by atoms with van der Waals surface area (Å²) in [5, 5.41) is 14.7. The van der Waals surface area contributed by atoms with Gasteiger partial charge in [0.25, 0.3) is 0 Å². The second kappa shape index (κ2) is 3.58. The Morgan fingerprint density at radius 3 is 2.92 bits per heavy atom. The minimum Gasteiger partial charge on any atom is -0.411 e. The summed E-state index contributed by atoms with van der Waals surface area (Å²) < 4.78 is 0. The highest BCUT2D eigenvalue weighted by molar-refractivity contribution is 5.65. The van der Waals surface area contributed by atoms with E-state index in [1.807, 2.05) is 12.1 Å². The molecule has 1 aromatic carbocycles. The molecule has 0 aromatic heterocycles. The van der Waals surface area contributed by atoms with E-state index in [9.17, 15) is 0 Å². The number of hydrogen-bond acceptors (Lipinski definition) is 3. The molecule has 1 aliphatic rings. The van der Waals surface area contributed by atoms with Gasteiger partial charge in [0.2, 0.25) is 0 Å². The van der Waals surface area contributed by atoms with E-state index >= 15 is 0 Å². The molecule has 0 amide bonds. The Kier molecular flexibility index (Phi) is 2.27. The number of fused-ring (bicyclic) bond motifs is 1. The van der Waals surface area contributed by atoms with Gasteiger partial charge in [0, 0.05) is 6.54 Å². The van der Waals surface area contributed by atoms with Gasteiger partial charge in [-0.05, 0) is 17.5 Å². The SMILES string of the molecule is ON=CC1Cc2ccccc2CN1. The van der Waals surface area contributed by atoms with Crippen LogP contribution in [0.3, 0.4) is 0 Å². The Labute approximate surface area is 77.1 Å². The molecule has 0 saturated heterocycles. The van der Waals surface area contributed by atoms with E-state index in [-0.39, 0.29) is 6.04 Å². The van der Waals surface area contributed by atoms with Crippen molar-refractivity contribution in [3.05, 3.63) is 35.4 Å². The van der Waals surface area contributed by atoms with Gasteiger partial charge in [0.1, 0.15) is 0 Å². The van der Waals surface area contributed by atoms with E-state index in [1.165, 1.54) is 17.3 Å². The van der Waals surface area contributed by atoms with Crippen LogP contribution < -0.4 is 5.32 Å². The molecule has 1 unspecified atom stereocenters. The highest BCUT2D eigenvalue weighted by Crippen LogP contribution is 2.15. The van der Waals surface area contributed by atoms with Crippen LogP contribution in [0.15, 0.2) is 29.4 Å². The standard InChI is InChI=1S/C10H12N2O/c13-12-7-10-5-8-3-1-2-4-9(8)6-11-10/h1-4,7,10-11,13H,5-6H2. The van der Waals surface area contributed by atoms with Crippen LogP contribution >= 0.6 is 0 Å². The number of nitrogens with one attached hydrogen (secondary N) is 1. The fourth-order valence-electron chi connectivity index (χ4n) is 1.67. The van der Waals surface area contributed by atoms with E-state index in [0.717, 1.165) is 13.0 Å². The summed E-state index contributed by atoms with van der Waals surface area (Å²) in [6.07, 6.45) is 2.44. The molecule has 3 heteroatoms. The van der Waals surface area contributed by atoms with Crippen LogP contribution in [0.4, 0.5) is 0 Å². The van der Waals surface area contributed by atoms with Crippen LogP contribution in [0, 0.1) is 0 Å². The van der Waals surface area contributed by atoms with Crippen LogP contribution in [0.2, 0.25) is 0 Å². The maximum atomic E-state index is 8.40. The van der Waals surface area contributed by atoms with E-state index in [1.54, 1.807) is 0 Å². The first kappa shape index (κ1) is 8.26. The second-order valence-electron chi connectivity index (χ2n) is 3.22. The van der Waals surface area contributed by atoms with Crippen molar-refractivity contribution in [2.24, 2.45) is 5.16 Å². The Hall–Kier alpha value is -1.35. The Morgan fingerprint density at radius 1 is 1.38 bits per heavy atom. The zero-order valence-electron chi connectivity index (χ0n) is 7.27. The lowest BCUT2D eigenvalue weighted by Gasteiger charge is -2.22. The molecule has 1 aromatic rings. The number of nitrogens with zero attached hydrogens (tertiary/aromatic N) is 1.